The van der Waals surface area contributed by atoms with Gasteiger partial charge in [0.1, 0.15) is 17.5 Å². The van der Waals surface area contributed by atoms with Crippen LogP contribution in [0.15, 0.2) is 24.3 Å². The number of likely N-dealkylation sites (tertiary alicyclic amines) is 1. The number of amides is 2. The first kappa shape index (κ1) is 21.0. The van der Waals surface area contributed by atoms with Crippen LogP contribution in [0, 0.1) is 18.7 Å². The highest BCUT2D eigenvalue weighted by molar-refractivity contribution is 5.95. The number of carbonyl (C=O) groups is 2. The average Bonchev–Trinajstić information content (AvgIpc) is 3.61. The lowest BCUT2D eigenvalue weighted by Crippen LogP contribution is -2.41. The van der Waals surface area contributed by atoms with Crippen molar-refractivity contribution in [3.63, 3.8) is 0 Å². The first-order chi connectivity index (χ1) is 15.5. The maximum atomic E-state index is 13.2. The van der Waals surface area contributed by atoms with Gasteiger partial charge >= 0.3 is 0 Å². The first-order valence-electron chi connectivity index (χ1n) is 11.7. The Bertz CT molecular complexity index is 1030. The maximum Gasteiger partial charge on any atom is 0.228 e. The van der Waals surface area contributed by atoms with Crippen LogP contribution in [0.4, 0.5) is 10.2 Å². The number of aryl methyl sites for hydroxylation is 1. The van der Waals surface area contributed by atoms with E-state index in [1.165, 1.54) is 25.0 Å². The Labute approximate surface area is 187 Å². The zero-order valence-electron chi connectivity index (χ0n) is 18.5. The topological polar surface area (TPSA) is 66.4 Å². The van der Waals surface area contributed by atoms with Crippen molar-refractivity contribution >= 4 is 17.6 Å². The van der Waals surface area contributed by atoms with Crippen molar-refractivity contribution in [2.45, 2.75) is 57.8 Å². The van der Waals surface area contributed by atoms with Gasteiger partial charge in [0.15, 0.2) is 0 Å². The quantitative estimate of drug-likeness (QED) is 0.719. The van der Waals surface area contributed by atoms with E-state index in [1.807, 2.05) is 16.7 Å². The summed E-state index contributed by atoms with van der Waals surface area (Å²) in [7, 11) is 0. The molecule has 168 valence electrons. The molecule has 3 heterocycles. The van der Waals surface area contributed by atoms with Crippen LogP contribution in [0.25, 0.3) is 0 Å². The standard InChI is InChI=1S/C25H29FN4O2/c1-16-21-10-11-22(31)30(14-18-4-5-18)25(21)28-24(27-16)19-3-2-12-29(15-19)23(32)13-17-6-8-20(26)9-7-17/h6-9,18-19H,2-5,10-15H2,1H3. The van der Waals surface area contributed by atoms with Crippen LogP contribution in [0.1, 0.15) is 60.7 Å². The van der Waals surface area contributed by atoms with Crippen LogP contribution in [-0.2, 0) is 22.4 Å². The van der Waals surface area contributed by atoms with E-state index in [0.717, 1.165) is 47.8 Å². The molecular weight excluding hydrogens is 407 g/mol. The Morgan fingerprint density at radius 3 is 2.66 bits per heavy atom. The van der Waals surface area contributed by atoms with Gasteiger partial charge in [-0.25, -0.2) is 14.4 Å². The number of nitrogens with zero attached hydrogens (tertiary/aromatic N) is 4. The summed E-state index contributed by atoms with van der Waals surface area (Å²) in [5.41, 5.74) is 2.86. The molecule has 1 aromatic heterocycles. The number of halogens is 1. The van der Waals surface area contributed by atoms with E-state index in [1.54, 1.807) is 12.1 Å². The highest BCUT2D eigenvalue weighted by atomic mass is 19.1. The summed E-state index contributed by atoms with van der Waals surface area (Å²) in [5, 5.41) is 0. The van der Waals surface area contributed by atoms with Crippen molar-refractivity contribution < 1.29 is 14.0 Å². The van der Waals surface area contributed by atoms with Gasteiger partial charge in [-0.2, -0.15) is 0 Å². The Kier molecular flexibility index (Phi) is 5.66. The average molecular weight is 437 g/mol. The number of benzene rings is 1. The molecule has 32 heavy (non-hydrogen) atoms. The lowest BCUT2D eigenvalue weighted by molar-refractivity contribution is -0.131. The van der Waals surface area contributed by atoms with Gasteiger partial charge in [-0.15, -0.1) is 0 Å². The van der Waals surface area contributed by atoms with E-state index in [9.17, 15) is 14.0 Å². The lowest BCUT2D eigenvalue weighted by atomic mass is 9.95. The molecule has 0 radical (unpaired) electrons. The van der Waals surface area contributed by atoms with Gasteiger partial charge in [0, 0.05) is 43.2 Å². The van der Waals surface area contributed by atoms with Gasteiger partial charge in [-0.1, -0.05) is 12.1 Å². The van der Waals surface area contributed by atoms with Gasteiger partial charge in [-0.05, 0) is 62.6 Å². The van der Waals surface area contributed by atoms with Crippen molar-refractivity contribution in [1.82, 2.24) is 14.9 Å². The van der Waals surface area contributed by atoms with E-state index in [2.05, 4.69) is 0 Å². The maximum absolute atomic E-state index is 13.2. The van der Waals surface area contributed by atoms with Crippen molar-refractivity contribution in [3.8, 4) is 0 Å². The molecule has 6 nitrogen and oxygen atoms in total. The number of carbonyl (C=O) groups excluding carboxylic acids is 2. The molecule has 2 aromatic rings. The molecule has 2 fully saturated rings. The van der Waals surface area contributed by atoms with Crippen LogP contribution < -0.4 is 4.90 Å². The minimum atomic E-state index is -0.298. The minimum absolute atomic E-state index is 0.0431. The molecule has 0 spiro atoms. The summed E-state index contributed by atoms with van der Waals surface area (Å²) < 4.78 is 13.2. The molecule has 7 heteroatoms. The molecule has 2 amide bonds. The van der Waals surface area contributed by atoms with Crippen molar-refractivity contribution in [3.05, 3.63) is 52.7 Å². The second kappa shape index (κ2) is 8.60. The SMILES string of the molecule is Cc1nc(C2CCCN(C(=O)Cc3ccc(F)cc3)C2)nc2c1CCC(=O)N2CC1CC1. The Hall–Kier alpha value is -2.83. The summed E-state index contributed by atoms with van der Waals surface area (Å²) in [6.45, 7) is 4.06. The Balaban J connectivity index is 1.34. The van der Waals surface area contributed by atoms with Crippen molar-refractivity contribution in [1.29, 1.82) is 0 Å². The molecule has 1 atom stereocenters. The van der Waals surface area contributed by atoms with E-state index < -0.39 is 0 Å². The minimum Gasteiger partial charge on any atom is -0.342 e. The van der Waals surface area contributed by atoms with Crippen LogP contribution >= 0.6 is 0 Å². The van der Waals surface area contributed by atoms with E-state index >= 15 is 0 Å². The van der Waals surface area contributed by atoms with Gasteiger partial charge in [0.25, 0.3) is 0 Å². The molecule has 1 saturated carbocycles. The Morgan fingerprint density at radius 2 is 1.91 bits per heavy atom. The number of fused-ring (bicyclic) bond motifs is 1. The molecule has 1 saturated heterocycles. The van der Waals surface area contributed by atoms with Crippen LogP contribution in [0.5, 0.6) is 0 Å². The van der Waals surface area contributed by atoms with Gasteiger partial charge in [0.05, 0.1) is 6.42 Å². The van der Waals surface area contributed by atoms with Gasteiger partial charge in [-0.3, -0.25) is 14.5 Å². The van der Waals surface area contributed by atoms with Crippen LogP contribution in [0.3, 0.4) is 0 Å². The number of aromatic nitrogens is 2. The second-order valence-electron chi connectivity index (χ2n) is 9.40. The molecular formula is C25H29FN4O2. The van der Waals surface area contributed by atoms with Crippen LogP contribution in [-0.4, -0.2) is 46.3 Å². The molecule has 1 aliphatic carbocycles. The highest BCUT2D eigenvalue weighted by Gasteiger charge is 2.34. The number of rotatable bonds is 5. The zero-order valence-corrected chi connectivity index (χ0v) is 18.5. The summed E-state index contributed by atoms with van der Waals surface area (Å²) >= 11 is 0. The molecule has 1 unspecified atom stereocenters. The van der Waals surface area contributed by atoms with Crippen molar-refractivity contribution in [2.75, 3.05) is 24.5 Å². The third kappa shape index (κ3) is 4.38. The van der Waals surface area contributed by atoms with E-state index in [4.69, 9.17) is 9.97 Å². The number of piperidine rings is 1. The largest absolute Gasteiger partial charge is 0.342 e. The first-order valence-corrected chi connectivity index (χ1v) is 11.7. The summed E-state index contributed by atoms with van der Waals surface area (Å²) in [4.78, 5) is 39.0. The summed E-state index contributed by atoms with van der Waals surface area (Å²) in [5.74, 6) is 2.10. The normalized spacial score (nSPS) is 20.9. The molecule has 5 rings (SSSR count). The van der Waals surface area contributed by atoms with Crippen LogP contribution in [0.2, 0.25) is 0 Å². The third-order valence-corrected chi connectivity index (χ3v) is 6.90. The Morgan fingerprint density at radius 1 is 1.12 bits per heavy atom. The van der Waals surface area contributed by atoms with E-state index in [-0.39, 0.29) is 30.0 Å². The smallest absolute Gasteiger partial charge is 0.228 e. The summed E-state index contributed by atoms with van der Waals surface area (Å²) in [6.07, 6.45) is 5.68. The summed E-state index contributed by atoms with van der Waals surface area (Å²) in [6, 6.07) is 6.10. The fourth-order valence-corrected chi connectivity index (χ4v) is 4.84. The number of anilines is 1. The zero-order chi connectivity index (χ0) is 22.2. The highest BCUT2D eigenvalue weighted by Crippen LogP contribution is 2.36. The number of hydrogen-bond donors (Lipinski definition) is 0. The predicted octanol–water partition coefficient (Wildman–Crippen LogP) is 3.56. The molecule has 0 bridgehead atoms. The monoisotopic (exact) mass is 436 g/mol. The van der Waals surface area contributed by atoms with Gasteiger partial charge < -0.3 is 4.90 Å². The second-order valence-corrected chi connectivity index (χ2v) is 9.40. The molecule has 0 N–H and O–H groups in total. The fourth-order valence-electron chi connectivity index (χ4n) is 4.84. The lowest BCUT2D eigenvalue weighted by Gasteiger charge is -2.34. The molecule has 2 aliphatic heterocycles. The number of hydrogen-bond acceptors (Lipinski definition) is 4. The molecule has 1 aromatic carbocycles. The molecule has 3 aliphatic rings. The van der Waals surface area contributed by atoms with Gasteiger partial charge in [0.2, 0.25) is 11.8 Å². The predicted molar refractivity (Wildman–Crippen MR) is 119 cm³/mol. The third-order valence-electron chi connectivity index (χ3n) is 6.90. The fraction of sp³-hybridized carbons (Fsp3) is 0.520. The van der Waals surface area contributed by atoms with E-state index in [0.29, 0.717) is 31.8 Å². The van der Waals surface area contributed by atoms with Crippen molar-refractivity contribution in [2.24, 2.45) is 5.92 Å².